The van der Waals surface area contributed by atoms with E-state index in [9.17, 15) is 0 Å². The van der Waals surface area contributed by atoms with Crippen LogP contribution in [0.3, 0.4) is 0 Å². The first-order valence-electron chi connectivity index (χ1n) is 5.79. The largest absolute Gasteiger partial charge is 0.311 e. The molecular formula is C12H17N5. The van der Waals surface area contributed by atoms with Gasteiger partial charge in [0.25, 0.3) is 0 Å². The lowest BCUT2D eigenvalue weighted by Gasteiger charge is -2.06. The lowest BCUT2D eigenvalue weighted by atomic mass is 10.2. The Morgan fingerprint density at radius 3 is 2.76 bits per heavy atom. The quantitative estimate of drug-likeness (QED) is 0.845. The Hall–Kier alpha value is -1.75. The van der Waals surface area contributed by atoms with Gasteiger partial charge in [-0.2, -0.15) is 10.2 Å². The van der Waals surface area contributed by atoms with Crippen molar-refractivity contribution in [1.82, 2.24) is 25.3 Å². The van der Waals surface area contributed by atoms with E-state index in [1.165, 1.54) is 0 Å². The molecule has 90 valence electrons. The molecule has 0 unspecified atom stereocenters. The van der Waals surface area contributed by atoms with E-state index in [2.05, 4.69) is 34.5 Å². The van der Waals surface area contributed by atoms with Crippen LogP contribution in [0, 0.1) is 5.92 Å². The van der Waals surface area contributed by atoms with Crippen molar-refractivity contribution >= 4 is 0 Å². The van der Waals surface area contributed by atoms with Crippen molar-refractivity contribution in [2.24, 2.45) is 5.92 Å². The molecule has 5 nitrogen and oxygen atoms in total. The number of nitrogens with one attached hydrogen (secondary N) is 1. The molecule has 1 N–H and O–H groups in total. The van der Waals surface area contributed by atoms with E-state index in [-0.39, 0.29) is 0 Å². The molecule has 0 saturated heterocycles. The van der Waals surface area contributed by atoms with E-state index < -0.39 is 0 Å². The Kier molecular flexibility index (Phi) is 3.82. The second-order valence-electron chi connectivity index (χ2n) is 4.36. The summed E-state index contributed by atoms with van der Waals surface area (Å²) in [6.45, 7) is 6.10. The van der Waals surface area contributed by atoms with E-state index in [1.54, 1.807) is 10.9 Å². The van der Waals surface area contributed by atoms with Crippen LogP contribution in [0.4, 0.5) is 0 Å². The molecule has 5 heteroatoms. The Balaban J connectivity index is 1.94. The van der Waals surface area contributed by atoms with Crippen molar-refractivity contribution in [3.63, 3.8) is 0 Å². The van der Waals surface area contributed by atoms with E-state index in [1.807, 2.05) is 24.4 Å². The minimum absolute atomic E-state index is 0.645. The highest BCUT2D eigenvalue weighted by Crippen LogP contribution is 2.01. The molecule has 0 radical (unpaired) electrons. The maximum atomic E-state index is 4.16. The lowest BCUT2D eigenvalue weighted by Crippen LogP contribution is -2.20. The molecule has 0 atom stereocenters. The van der Waals surface area contributed by atoms with Gasteiger partial charge in [-0.25, -0.2) is 4.68 Å². The summed E-state index contributed by atoms with van der Waals surface area (Å²) in [5, 5.41) is 15.7. The van der Waals surface area contributed by atoms with E-state index in [0.29, 0.717) is 5.92 Å². The van der Waals surface area contributed by atoms with Gasteiger partial charge in [0.2, 0.25) is 0 Å². The van der Waals surface area contributed by atoms with Gasteiger partial charge in [0.05, 0.1) is 5.69 Å². The standard InChI is InChI=1S/C12H17N5/c1-10(2)8-13-9-11-4-5-12(16-15-11)17-7-3-6-14-17/h3-7,10,13H,8-9H2,1-2H3. The van der Waals surface area contributed by atoms with Crippen LogP contribution >= 0.6 is 0 Å². The van der Waals surface area contributed by atoms with Gasteiger partial charge in [-0.05, 0) is 30.7 Å². The zero-order valence-electron chi connectivity index (χ0n) is 10.2. The maximum Gasteiger partial charge on any atom is 0.175 e. The molecule has 0 amide bonds. The highest BCUT2D eigenvalue weighted by molar-refractivity contribution is 5.20. The topological polar surface area (TPSA) is 55.6 Å². The van der Waals surface area contributed by atoms with E-state index >= 15 is 0 Å². The van der Waals surface area contributed by atoms with E-state index in [0.717, 1.165) is 24.6 Å². The summed E-state index contributed by atoms with van der Waals surface area (Å²) in [4.78, 5) is 0. The highest BCUT2D eigenvalue weighted by atomic mass is 15.3. The third kappa shape index (κ3) is 3.35. The Morgan fingerprint density at radius 2 is 2.18 bits per heavy atom. The third-order valence-electron chi connectivity index (χ3n) is 2.30. The number of rotatable bonds is 5. The van der Waals surface area contributed by atoms with Gasteiger partial charge in [-0.15, -0.1) is 5.10 Å². The molecule has 0 aromatic carbocycles. The number of hydrogen-bond acceptors (Lipinski definition) is 4. The first-order chi connectivity index (χ1) is 8.25. The normalized spacial score (nSPS) is 11.0. The van der Waals surface area contributed by atoms with Crippen LogP contribution in [0.25, 0.3) is 5.82 Å². The van der Waals surface area contributed by atoms with Crippen LogP contribution in [0.5, 0.6) is 0 Å². The molecule has 2 aromatic heterocycles. The molecule has 2 aromatic rings. The zero-order valence-corrected chi connectivity index (χ0v) is 10.2. The molecule has 0 bridgehead atoms. The second kappa shape index (κ2) is 5.54. The van der Waals surface area contributed by atoms with Gasteiger partial charge in [0.1, 0.15) is 0 Å². The van der Waals surface area contributed by atoms with Crippen LogP contribution in [0.2, 0.25) is 0 Å². The SMILES string of the molecule is CC(C)CNCc1ccc(-n2cccn2)nn1. The van der Waals surface area contributed by atoms with Crippen LogP contribution < -0.4 is 5.32 Å². The fourth-order valence-corrected chi connectivity index (χ4v) is 1.46. The van der Waals surface area contributed by atoms with E-state index in [4.69, 9.17) is 0 Å². The summed E-state index contributed by atoms with van der Waals surface area (Å²) in [6, 6.07) is 5.75. The molecule has 2 rings (SSSR count). The molecule has 0 saturated carbocycles. The van der Waals surface area contributed by atoms with Gasteiger partial charge in [0.15, 0.2) is 5.82 Å². The molecular weight excluding hydrogens is 214 g/mol. The molecule has 0 spiro atoms. The van der Waals surface area contributed by atoms with Gasteiger partial charge < -0.3 is 5.32 Å². The predicted octanol–water partition coefficient (Wildman–Crippen LogP) is 1.41. The lowest BCUT2D eigenvalue weighted by molar-refractivity contribution is 0.545. The van der Waals surface area contributed by atoms with Gasteiger partial charge in [-0.3, -0.25) is 0 Å². The summed E-state index contributed by atoms with van der Waals surface area (Å²) in [5.74, 6) is 1.38. The molecule has 0 aliphatic carbocycles. The van der Waals surface area contributed by atoms with Crippen LogP contribution in [-0.4, -0.2) is 26.5 Å². The number of aromatic nitrogens is 4. The van der Waals surface area contributed by atoms with Gasteiger partial charge >= 0.3 is 0 Å². The van der Waals surface area contributed by atoms with Crippen molar-refractivity contribution < 1.29 is 0 Å². The molecule has 0 fully saturated rings. The molecule has 0 aliphatic heterocycles. The maximum absolute atomic E-state index is 4.16. The Bertz CT molecular complexity index is 432. The van der Waals surface area contributed by atoms with Crippen LogP contribution in [0.15, 0.2) is 30.6 Å². The minimum atomic E-state index is 0.645. The third-order valence-corrected chi connectivity index (χ3v) is 2.30. The average Bonchev–Trinajstić information content (AvgIpc) is 2.83. The van der Waals surface area contributed by atoms with Crippen LogP contribution in [-0.2, 0) is 6.54 Å². The molecule has 0 aliphatic rings. The monoisotopic (exact) mass is 231 g/mol. The fraction of sp³-hybridized carbons (Fsp3) is 0.417. The first-order valence-corrected chi connectivity index (χ1v) is 5.79. The summed E-state index contributed by atoms with van der Waals surface area (Å²) in [7, 11) is 0. The number of hydrogen-bond donors (Lipinski definition) is 1. The van der Waals surface area contributed by atoms with Crippen molar-refractivity contribution in [3.05, 3.63) is 36.3 Å². The fourth-order valence-electron chi connectivity index (χ4n) is 1.46. The average molecular weight is 231 g/mol. The van der Waals surface area contributed by atoms with Gasteiger partial charge in [0, 0.05) is 18.9 Å². The highest BCUT2D eigenvalue weighted by Gasteiger charge is 2.00. The Labute approximate surface area is 101 Å². The Morgan fingerprint density at radius 1 is 1.29 bits per heavy atom. The predicted molar refractivity (Wildman–Crippen MR) is 65.7 cm³/mol. The van der Waals surface area contributed by atoms with Crippen LogP contribution in [0.1, 0.15) is 19.5 Å². The summed E-state index contributed by atoms with van der Waals surface area (Å²) < 4.78 is 1.69. The van der Waals surface area contributed by atoms with Crippen molar-refractivity contribution in [2.45, 2.75) is 20.4 Å². The molecule has 17 heavy (non-hydrogen) atoms. The van der Waals surface area contributed by atoms with Crippen molar-refractivity contribution in [2.75, 3.05) is 6.54 Å². The minimum Gasteiger partial charge on any atom is -0.311 e. The number of nitrogens with zero attached hydrogens (tertiary/aromatic N) is 4. The second-order valence-corrected chi connectivity index (χ2v) is 4.36. The summed E-state index contributed by atoms with van der Waals surface area (Å²) in [6.07, 6.45) is 3.57. The van der Waals surface area contributed by atoms with Crippen molar-refractivity contribution in [3.8, 4) is 5.82 Å². The first kappa shape index (κ1) is 11.7. The summed E-state index contributed by atoms with van der Waals surface area (Å²) >= 11 is 0. The van der Waals surface area contributed by atoms with Crippen molar-refractivity contribution in [1.29, 1.82) is 0 Å². The van der Waals surface area contributed by atoms with Gasteiger partial charge in [-0.1, -0.05) is 13.8 Å². The summed E-state index contributed by atoms with van der Waals surface area (Å²) in [5.41, 5.74) is 0.946. The smallest absolute Gasteiger partial charge is 0.175 e. The zero-order chi connectivity index (χ0) is 12.1. The molecule has 2 heterocycles.